The molecule has 1 amide bonds. The first-order valence-electron chi connectivity index (χ1n) is 10.4. The van der Waals surface area contributed by atoms with Crippen molar-refractivity contribution < 1.29 is 37.0 Å². The average Bonchev–Trinajstić information content (AvgIpc) is 3.03. The van der Waals surface area contributed by atoms with E-state index in [0.29, 0.717) is 28.1 Å². The maximum absolute atomic E-state index is 13.2. The van der Waals surface area contributed by atoms with Crippen LogP contribution >= 0.6 is 0 Å². The minimum atomic E-state index is -4.50. The molecule has 0 spiro atoms. The number of hydrogen-bond acceptors (Lipinski definition) is 6. The highest BCUT2D eigenvalue weighted by molar-refractivity contribution is 6.23. The van der Waals surface area contributed by atoms with Crippen molar-refractivity contribution in [1.29, 1.82) is 0 Å². The SMILES string of the molecule is COC(=O)c1ccc(N2CC3=C(OC(C)CN=C3c3ccccc3OCC(F)(F)F)C2=O)cc1. The fourth-order valence-corrected chi connectivity index (χ4v) is 3.71. The number of para-hydroxylation sites is 1. The van der Waals surface area contributed by atoms with Crippen LogP contribution in [-0.4, -0.2) is 56.7 Å². The van der Waals surface area contributed by atoms with Crippen molar-refractivity contribution in [3.05, 3.63) is 71.0 Å². The molecule has 0 aromatic heterocycles. The van der Waals surface area contributed by atoms with E-state index in [1.54, 1.807) is 37.3 Å². The molecule has 2 aromatic rings. The molecule has 0 saturated heterocycles. The molecule has 0 aliphatic carbocycles. The Kier molecular flexibility index (Phi) is 6.32. The predicted octanol–water partition coefficient (Wildman–Crippen LogP) is 3.92. The van der Waals surface area contributed by atoms with Gasteiger partial charge in [0.1, 0.15) is 11.9 Å². The number of carbonyl (C=O) groups is 2. The number of ether oxygens (including phenoxy) is 3. The third kappa shape index (κ3) is 4.75. The van der Waals surface area contributed by atoms with E-state index in [1.165, 1.54) is 30.2 Å². The van der Waals surface area contributed by atoms with Crippen molar-refractivity contribution in [2.45, 2.75) is 19.2 Å². The molecule has 2 aliphatic rings. The van der Waals surface area contributed by atoms with Gasteiger partial charge in [0, 0.05) is 16.8 Å². The molecule has 0 saturated carbocycles. The van der Waals surface area contributed by atoms with Crippen molar-refractivity contribution in [2.24, 2.45) is 4.99 Å². The summed E-state index contributed by atoms with van der Waals surface area (Å²) in [5, 5.41) is 0. The molecule has 1 unspecified atom stereocenters. The van der Waals surface area contributed by atoms with Crippen molar-refractivity contribution in [3.63, 3.8) is 0 Å². The molecule has 0 fully saturated rings. The monoisotopic (exact) mass is 474 g/mol. The van der Waals surface area contributed by atoms with Gasteiger partial charge in [-0.3, -0.25) is 9.79 Å². The number of anilines is 1. The van der Waals surface area contributed by atoms with Gasteiger partial charge < -0.3 is 19.1 Å². The first-order chi connectivity index (χ1) is 16.2. The lowest BCUT2D eigenvalue weighted by atomic mass is 10.0. The number of amides is 1. The normalized spacial score (nSPS) is 18.1. The van der Waals surface area contributed by atoms with E-state index in [1.807, 2.05) is 0 Å². The van der Waals surface area contributed by atoms with Gasteiger partial charge >= 0.3 is 12.1 Å². The van der Waals surface area contributed by atoms with Crippen LogP contribution in [0.2, 0.25) is 0 Å². The molecule has 34 heavy (non-hydrogen) atoms. The zero-order chi connectivity index (χ0) is 24.5. The van der Waals surface area contributed by atoms with Crippen LogP contribution in [0.1, 0.15) is 22.8 Å². The maximum Gasteiger partial charge on any atom is 0.422 e. The molecule has 2 heterocycles. The Bertz CT molecular complexity index is 1170. The standard InChI is InChI=1S/C24H21F3N2O5/c1-14-11-28-20(17-5-3-4-6-19(17)33-13-24(25,26)27)18-12-29(22(30)21(18)34-14)16-9-7-15(8-10-16)23(31)32-2/h3-10,14H,11-13H2,1-2H3. The van der Waals surface area contributed by atoms with E-state index < -0.39 is 30.8 Å². The van der Waals surface area contributed by atoms with Crippen LogP contribution in [0.15, 0.2) is 64.9 Å². The zero-order valence-corrected chi connectivity index (χ0v) is 18.4. The van der Waals surface area contributed by atoms with Crippen molar-refractivity contribution in [3.8, 4) is 5.75 Å². The molecular formula is C24H21F3N2O5. The molecule has 10 heteroatoms. The lowest BCUT2D eigenvalue weighted by molar-refractivity contribution is -0.153. The summed E-state index contributed by atoms with van der Waals surface area (Å²) in [6.07, 6.45) is -4.92. The summed E-state index contributed by atoms with van der Waals surface area (Å²) in [6, 6.07) is 12.5. The lowest BCUT2D eigenvalue weighted by Crippen LogP contribution is -2.29. The first kappa shape index (κ1) is 23.3. The molecule has 2 aliphatic heterocycles. The number of alkyl halides is 3. The highest BCUT2D eigenvalue weighted by Crippen LogP contribution is 2.34. The number of benzene rings is 2. The Labute approximate surface area is 193 Å². The predicted molar refractivity (Wildman–Crippen MR) is 117 cm³/mol. The minimum absolute atomic E-state index is 0.00769. The van der Waals surface area contributed by atoms with Gasteiger partial charge in [-0.05, 0) is 43.3 Å². The Morgan fingerprint density at radius 3 is 2.56 bits per heavy atom. The zero-order valence-electron chi connectivity index (χ0n) is 18.4. The maximum atomic E-state index is 13.2. The molecule has 1 atom stereocenters. The van der Waals surface area contributed by atoms with Crippen LogP contribution in [-0.2, 0) is 14.3 Å². The van der Waals surface area contributed by atoms with E-state index in [9.17, 15) is 22.8 Å². The minimum Gasteiger partial charge on any atom is -0.483 e. The quantitative estimate of drug-likeness (QED) is 0.614. The highest BCUT2D eigenvalue weighted by Gasteiger charge is 2.39. The van der Waals surface area contributed by atoms with Gasteiger partial charge in [0.2, 0.25) is 0 Å². The van der Waals surface area contributed by atoms with E-state index in [2.05, 4.69) is 4.99 Å². The summed E-state index contributed by atoms with van der Waals surface area (Å²) in [4.78, 5) is 31.0. The molecule has 178 valence electrons. The number of aliphatic imine (C=N–C) groups is 1. The highest BCUT2D eigenvalue weighted by atomic mass is 19.4. The van der Waals surface area contributed by atoms with Gasteiger partial charge in [-0.25, -0.2) is 4.79 Å². The molecule has 0 bridgehead atoms. The number of carbonyl (C=O) groups excluding carboxylic acids is 2. The van der Waals surface area contributed by atoms with E-state index in [-0.39, 0.29) is 24.6 Å². The number of nitrogens with zero attached hydrogens (tertiary/aromatic N) is 2. The summed E-state index contributed by atoms with van der Waals surface area (Å²) in [7, 11) is 1.27. The summed E-state index contributed by atoms with van der Waals surface area (Å²) in [5.41, 5.74) is 1.99. The Morgan fingerprint density at radius 2 is 1.88 bits per heavy atom. The van der Waals surface area contributed by atoms with E-state index >= 15 is 0 Å². The van der Waals surface area contributed by atoms with Crippen LogP contribution in [0, 0.1) is 0 Å². The van der Waals surface area contributed by atoms with Gasteiger partial charge in [0.25, 0.3) is 5.91 Å². The Hall–Kier alpha value is -3.82. The Balaban J connectivity index is 1.68. The van der Waals surface area contributed by atoms with Gasteiger partial charge in [0.05, 0.1) is 31.5 Å². The van der Waals surface area contributed by atoms with Gasteiger partial charge in [-0.2, -0.15) is 13.2 Å². The van der Waals surface area contributed by atoms with Crippen LogP contribution in [0.25, 0.3) is 0 Å². The summed E-state index contributed by atoms with van der Waals surface area (Å²) >= 11 is 0. The second kappa shape index (κ2) is 9.20. The van der Waals surface area contributed by atoms with Crippen molar-refractivity contribution in [1.82, 2.24) is 0 Å². The van der Waals surface area contributed by atoms with Crippen LogP contribution < -0.4 is 9.64 Å². The summed E-state index contributed by atoms with van der Waals surface area (Å²) < 4.78 is 53.9. The van der Waals surface area contributed by atoms with Crippen LogP contribution in [0.5, 0.6) is 5.75 Å². The van der Waals surface area contributed by atoms with E-state index in [4.69, 9.17) is 14.2 Å². The molecule has 0 N–H and O–H groups in total. The van der Waals surface area contributed by atoms with Gasteiger partial charge in [0.15, 0.2) is 12.4 Å². The molecule has 4 rings (SSSR count). The fraction of sp³-hybridized carbons (Fsp3) is 0.292. The second-order valence-electron chi connectivity index (χ2n) is 7.76. The van der Waals surface area contributed by atoms with Crippen molar-refractivity contribution >= 4 is 23.3 Å². The molecule has 7 nitrogen and oxygen atoms in total. The summed E-state index contributed by atoms with van der Waals surface area (Å²) in [6.45, 7) is 0.611. The average molecular weight is 474 g/mol. The first-order valence-corrected chi connectivity index (χ1v) is 10.4. The topological polar surface area (TPSA) is 77.4 Å². The molecule has 2 aromatic carbocycles. The number of rotatable bonds is 5. The number of methoxy groups -OCH3 is 1. The number of esters is 1. The number of halogens is 3. The molecule has 0 radical (unpaired) electrons. The lowest BCUT2D eigenvalue weighted by Gasteiger charge is -2.19. The number of hydrogen-bond donors (Lipinski definition) is 0. The fourth-order valence-electron chi connectivity index (χ4n) is 3.71. The van der Waals surface area contributed by atoms with Crippen molar-refractivity contribution in [2.75, 3.05) is 31.7 Å². The van der Waals surface area contributed by atoms with Crippen LogP contribution in [0.3, 0.4) is 0 Å². The third-order valence-electron chi connectivity index (χ3n) is 5.27. The third-order valence-corrected chi connectivity index (χ3v) is 5.27. The largest absolute Gasteiger partial charge is 0.483 e. The molecular weight excluding hydrogens is 453 g/mol. The smallest absolute Gasteiger partial charge is 0.422 e. The second-order valence-corrected chi connectivity index (χ2v) is 7.76. The van der Waals surface area contributed by atoms with Gasteiger partial charge in [-0.15, -0.1) is 0 Å². The summed E-state index contributed by atoms with van der Waals surface area (Å²) in [5.74, 6) is -0.814. The van der Waals surface area contributed by atoms with Gasteiger partial charge in [-0.1, -0.05) is 12.1 Å². The van der Waals surface area contributed by atoms with Crippen LogP contribution in [0.4, 0.5) is 18.9 Å². The Morgan fingerprint density at radius 1 is 1.18 bits per heavy atom. The van der Waals surface area contributed by atoms with E-state index in [0.717, 1.165) is 0 Å².